The van der Waals surface area contributed by atoms with Crippen LogP contribution in [0.2, 0.25) is 0 Å². The molecule has 7 nitrogen and oxygen atoms in total. The molecule has 3 rings (SSSR count). The van der Waals surface area contributed by atoms with Gasteiger partial charge in [-0.15, -0.1) is 10.2 Å². The predicted molar refractivity (Wildman–Crippen MR) is 102 cm³/mol. The monoisotopic (exact) mass is 393 g/mol. The number of thioether (sulfide) groups is 1. The topological polar surface area (TPSA) is 63.5 Å². The number of hydrogen-bond acceptors (Lipinski definition) is 6. The second kappa shape index (κ2) is 8.71. The third-order valence-corrected chi connectivity index (χ3v) is 5.54. The number of nitrogens with zero attached hydrogens (tertiary/aromatic N) is 5. The van der Waals surface area contributed by atoms with Crippen molar-refractivity contribution in [3.8, 4) is 0 Å². The Morgan fingerprint density at radius 3 is 2.81 bits per heavy atom. The lowest BCUT2D eigenvalue weighted by molar-refractivity contribution is -0.129. The molecular formula is C18H24FN5O2S. The number of carbonyl (C=O) groups excluding carboxylic acids is 1. The summed E-state index contributed by atoms with van der Waals surface area (Å²) in [6.07, 6.45) is 0. The van der Waals surface area contributed by atoms with E-state index in [0.29, 0.717) is 24.9 Å². The molecule has 1 aliphatic heterocycles. The van der Waals surface area contributed by atoms with Crippen LogP contribution in [0.5, 0.6) is 0 Å². The summed E-state index contributed by atoms with van der Waals surface area (Å²) in [5.74, 6) is 0.444. The number of rotatable bonds is 6. The molecule has 2 heterocycles. The summed E-state index contributed by atoms with van der Waals surface area (Å²) in [7, 11) is 3.63. The van der Waals surface area contributed by atoms with Gasteiger partial charge in [-0.1, -0.05) is 23.9 Å². The quantitative estimate of drug-likeness (QED) is 0.699. The SMILES string of the molecule is CC(Sc1nnc(N2CCOCC2)n1C)C(=O)N(C)Cc1cccc(F)c1. The molecular weight excluding hydrogens is 369 g/mol. The van der Waals surface area contributed by atoms with Crippen molar-refractivity contribution in [2.24, 2.45) is 7.05 Å². The van der Waals surface area contributed by atoms with Gasteiger partial charge in [0.2, 0.25) is 11.9 Å². The molecule has 27 heavy (non-hydrogen) atoms. The Morgan fingerprint density at radius 2 is 2.11 bits per heavy atom. The number of halogens is 1. The van der Waals surface area contributed by atoms with Gasteiger partial charge in [0.1, 0.15) is 5.82 Å². The highest BCUT2D eigenvalue weighted by molar-refractivity contribution is 8.00. The largest absolute Gasteiger partial charge is 0.378 e. The number of amides is 1. The molecule has 146 valence electrons. The number of aromatic nitrogens is 3. The van der Waals surface area contributed by atoms with E-state index in [1.54, 1.807) is 18.0 Å². The van der Waals surface area contributed by atoms with Gasteiger partial charge in [-0.05, 0) is 24.6 Å². The zero-order chi connectivity index (χ0) is 19.4. The van der Waals surface area contributed by atoms with Gasteiger partial charge < -0.3 is 14.5 Å². The molecule has 0 spiro atoms. The van der Waals surface area contributed by atoms with Crippen LogP contribution in [0.3, 0.4) is 0 Å². The van der Waals surface area contributed by atoms with E-state index in [-0.39, 0.29) is 17.0 Å². The summed E-state index contributed by atoms with van der Waals surface area (Å²) >= 11 is 1.37. The van der Waals surface area contributed by atoms with Crippen LogP contribution in [0, 0.1) is 5.82 Å². The molecule has 0 N–H and O–H groups in total. The number of hydrogen-bond donors (Lipinski definition) is 0. The maximum absolute atomic E-state index is 13.3. The number of morpholine rings is 1. The van der Waals surface area contributed by atoms with Gasteiger partial charge in [-0.2, -0.15) is 0 Å². The lowest BCUT2D eigenvalue weighted by atomic mass is 10.2. The van der Waals surface area contributed by atoms with E-state index in [1.165, 1.54) is 23.9 Å². The fourth-order valence-corrected chi connectivity index (χ4v) is 3.88. The number of anilines is 1. The second-order valence-electron chi connectivity index (χ2n) is 6.53. The summed E-state index contributed by atoms with van der Waals surface area (Å²) in [6, 6.07) is 6.29. The Hall–Kier alpha value is -2.13. The molecule has 1 aliphatic rings. The molecule has 1 aromatic heterocycles. The summed E-state index contributed by atoms with van der Waals surface area (Å²) in [5, 5.41) is 8.87. The van der Waals surface area contributed by atoms with E-state index < -0.39 is 0 Å². The normalized spacial score (nSPS) is 15.6. The first kappa shape index (κ1) is 19.6. The van der Waals surface area contributed by atoms with Crippen molar-refractivity contribution in [2.75, 3.05) is 38.3 Å². The molecule has 0 aliphatic carbocycles. The minimum absolute atomic E-state index is 0.0415. The highest BCUT2D eigenvalue weighted by atomic mass is 32.2. The van der Waals surface area contributed by atoms with Gasteiger partial charge in [-0.3, -0.25) is 9.36 Å². The van der Waals surface area contributed by atoms with Gasteiger partial charge in [0.05, 0.1) is 18.5 Å². The molecule has 0 saturated carbocycles. The number of ether oxygens (including phenoxy) is 1. The number of carbonyl (C=O) groups is 1. The first-order valence-electron chi connectivity index (χ1n) is 8.84. The molecule has 1 amide bonds. The highest BCUT2D eigenvalue weighted by Crippen LogP contribution is 2.26. The Bertz CT molecular complexity index is 794. The van der Waals surface area contributed by atoms with Crippen molar-refractivity contribution in [3.63, 3.8) is 0 Å². The molecule has 1 saturated heterocycles. The zero-order valence-corrected chi connectivity index (χ0v) is 16.6. The van der Waals surface area contributed by atoms with Crippen molar-refractivity contribution in [3.05, 3.63) is 35.6 Å². The average Bonchev–Trinajstić information content (AvgIpc) is 3.02. The van der Waals surface area contributed by atoms with Gasteiger partial charge >= 0.3 is 0 Å². The van der Waals surface area contributed by atoms with Crippen LogP contribution in [-0.2, 0) is 23.1 Å². The molecule has 0 radical (unpaired) electrons. The maximum Gasteiger partial charge on any atom is 0.235 e. The van der Waals surface area contributed by atoms with Gasteiger partial charge in [0.25, 0.3) is 0 Å². The minimum atomic E-state index is -0.330. The Morgan fingerprint density at radius 1 is 1.37 bits per heavy atom. The van der Waals surface area contributed by atoms with Crippen LogP contribution in [0.1, 0.15) is 12.5 Å². The van der Waals surface area contributed by atoms with Gasteiger partial charge in [0, 0.05) is 33.7 Å². The van der Waals surface area contributed by atoms with Crippen LogP contribution < -0.4 is 4.90 Å². The second-order valence-corrected chi connectivity index (χ2v) is 7.83. The summed E-state index contributed by atoms with van der Waals surface area (Å²) in [6.45, 7) is 5.12. The maximum atomic E-state index is 13.3. The van der Waals surface area contributed by atoms with E-state index in [0.717, 1.165) is 24.6 Å². The third-order valence-electron chi connectivity index (χ3n) is 4.42. The van der Waals surface area contributed by atoms with Crippen LogP contribution >= 0.6 is 11.8 Å². The van der Waals surface area contributed by atoms with Crippen molar-refractivity contribution in [2.45, 2.75) is 23.9 Å². The van der Waals surface area contributed by atoms with E-state index in [4.69, 9.17) is 4.74 Å². The lowest BCUT2D eigenvalue weighted by Gasteiger charge is -2.27. The molecule has 1 unspecified atom stereocenters. The van der Waals surface area contributed by atoms with E-state index >= 15 is 0 Å². The summed E-state index contributed by atoms with van der Waals surface area (Å²) in [4.78, 5) is 16.4. The highest BCUT2D eigenvalue weighted by Gasteiger charge is 2.24. The number of benzene rings is 1. The van der Waals surface area contributed by atoms with Crippen LogP contribution in [0.15, 0.2) is 29.4 Å². The fraction of sp³-hybridized carbons (Fsp3) is 0.500. The smallest absolute Gasteiger partial charge is 0.235 e. The molecule has 2 aromatic rings. The fourth-order valence-electron chi connectivity index (χ4n) is 2.95. The van der Waals surface area contributed by atoms with Crippen molar-refractivity contribution < 1.29 is 13.9 Å². The third kappa shape index (κ3) is 4.78. The Kier molecular flexibility index (Phi) is 6.33. The van der Waals surface area contributed by atoms with Crippen molar-refractivity contribution in [1.29, 1.82) is 0 Å². The molecule has 9 heteroatoms. The first-order chi connectivity index (χ1) is 13.0. The van der Waals surface area contributed by atoms with Gasteiger partial charge in [0.15, 0.2) is 5.16 Å². The molecule has 0 bridgehead atoms. The van der Waals surface area contributed by atoms with Crippen molar-refractivity contribution in [1.82, 2.24) is 19.7 Å². The van der Waals surface area contributed by atoms with E-state index in [2.05, 4.69) is 15.1 Å². The van der Waals surface area contributed by atoms with Gasteiger partial charge in [-0.25, -0.2) is 4.39 Å². The minimum Gasteiger partial charge on any atom is -0.378 e. The summed E-state index contributed by atoms with van der Waals surface area (Å²) in [5.41, 5.74) is 0.760. The van der Waals surface area contributed by atoms with E-state index in [1.807, 2.05) is 24.6 Å². The Balaban J connectivity index is 1.61. The zero-order valence-electron chi connectivity index (χ0n) is 15.8. The first-order valence-corrected chi connectivity index (χ1v) is 9.72. The molecule has 1 atom stereocenters. The lowest BCUT2D eigenvalue weighted by Crippen LogP contribution is -2.37. The standard InChI is InChI=1S/C18H24FN5O2S/c1-13(16(25)22(2)12-14-5-4-6-15(19)11-14)27-18-21-20-17(23(18)3)24-7-9-26-10-8-24/h4-6,11,13H,7-10,12H2,1-3H3. The van der Waals surface area contributed by atoms with Crippen LogP contribution in [0.4, 0.5) is 10.3 Å². The predicted octanol–water partition coefficient (Wildman–Crippen LogP) is 1.93. The van der Waals surface area contributed by atoms with E-state index in [9.17, 15) is 9.18 Å². The molecule has 1 aromatic carbocycles. The average molecular weight is 393 g/mol. The van der Waals surface area contributed by atoms with Crippen LogP contribution in [-0.4, -0.2) is 64.2 Å². The Labute approximate surface area is 162 Å². The molecule has 1 fully saturated rings. The van der Waals surface area contributed by atoms with Crippen molar-refractivity contribution >= 4 is 23.6 Å². The van der Waals surface area contributed by atoms with Crippen LogP contribution in [0.25, 0.3) is 0 Å². The summed E-state index contributed by atoms with van der Waals surface area (Å²) < 4.78 is 20.6.